The Morgan fingerprint density at radius 3 is 1.95 bits per heavy atom. The lowest BCUT2D eigenvalue weighted by Gasteiger charge is -2.15. The number of thiophene rings is 2. The zero-order valence-corrected chi connectivity index (χ0v) is 33.0. The largest absolute Gasteiger partial charge is 0.309 e. The molecule has 0 N–H and O–H groups in total. The number of benzene rings is 10. The van der Waals surface area contributed by atoms with Gasteiger partial charge in [0.05, 0.1) is 22.2 Å². The van der Waals surface area contributed by atoms with Gasteiger partial charge in [0.25, 0.3) is 0 Å². The van der Waals surface area contributed by atoms with Crippen molar-refractivity contribution in [2.45, 2.75) is 0 Å². The van der Waals surface area contributed by atoms with Crippen LogP contribution in [0.4, 0.5) is 0 Å². The molecule has 0 atom stereocenters. The smallest absolute Gasteiger partial charge is 0.161 e. The molecule has 10 aromatic carbocycles. The van der Waals surface area contributed by atoms with E-state index in [1.807, 2.05) is 22.7 Å². The third kappa shape index (κ3) is 4.41. The molecule has 0 unspecified atom stereocenters. The molecule has 0 radical (unpaired) electrons. The highest BCUT2D eigenvalue weighted by atomic mass is 32.1. The Bertz CT molecular complexity index is 4080. The molecule has 59 heavy (non-hydrogen) atoms. The molecule has 0 amide bonds. The lowest BCUT2D eigenvalue weighted by molar-refractivity contribution is 1.18. The van der Waals surface area contributed by atoms with Crippen LogP contribution >= 0.6 is 22.7 Å². The molecule has 14 rings (SSSR count). The van der Waals surface area contributed by atoms with Gasteiger partial charge in [-0.1, -0.05) is 121 Å². The number of hydrogen-bond acceptors (Lipinski definition) is 4. The minimum atomic E-state index is 0.732. The van der Waals surface area contributed by atoms with Crippen molar-refractivity contribution in [3.8, 4) is 28.3 Å². The normalized spacial score (nSPS) is 12.4. The van der Waals surface area contributed by atoms with Crippen molar-refractivity contribution in [3.63, 3.8) is 0 Å². The van der Waals surface area contributed by atoms with Crippen LogP contribution in [0.2, 0.25) is 0 Å². The fourth-order valence-corrected chi connectivity index (χ4v) is 12.2. The summed E-state index contributed by atoms with van der Waals surface area (Å²) in [4.78, 5) is 10.9. The monoisotopic (exact) mass is 783 g/mol. The van der Waals surface area contributed by atoms with Crippen molar-refractivity contribution < 1.29 is 0 Å². The molecule has 3 nitrogen and oxygen atoms in total. The fourth-order valence-electron chi connectivity index (χ4n) is 9.94. The zero-order valence-electron chi connectivity index (χ0n) is 31.4. The van der Waals surface area contributed by atoms with Crippen LogP contribution in [0.1, 0.15) is 0 Å². The van der Waals surface area contributed by atoms with Gasteiger partial charge in [-0.15, -0.1) is 22.7 Å². The molecule has 0 bridgehead atoms. The molecule has 0 saturated carbocycles. The second-order valence-corrected chi connectivity index (χ2v) is 17.8. The van der Waals surface area contributed by atoms with Crippen molar-refractivity contribution in [1.82, 2.24) is 14.5 Å². The highest BCUT2D eigenvalue weighted by Gasteiger charge is 2.22. The summed E-state index contributed by atoms with van der Waals surface area (Å²) in [5.41, 5.74) is 7.48. The summed E-state index contributed by atoms with van der Waals surface area (Å²) in [6, 6.07) is 64.6. The number of hydrogen-bond donors (Lipinski definition) is 0. The average molecular weight is 784 g/mol. The van der Waals surface area contributed by atoms with E-state index in [1.54, 1.807) is 0 Å². The van der Waals surface area contributed by atoms with Crippen LogP contribution in [0.15, 0.2) is 176 Å². The van der Waals surface area contributed by atoms with Gasteiger partial charge in [0, 0.05) is 73.3 Å². The summed E-state index contributed by atoms with van der Waals surface area (Å²) in [5, 5.41) is 16.4. The molecule has 0 saturated heterocycles. The van der Waals surface area contributed by atoms with Gasteiger partial charge < -0.3 is 4.57 Å². The van der Waals surface area contributed by atoms with Gasteiger partial charge in [0.2, 0.25) is 0 Å². The van der Waals surface area contributed by atoms with Crippen molar-refractivity contribution in [2.75, 3.05) is 0 Å². The fraction of sp³-hybridized carbons (Fsp3) is 0. The van der Waals surface area contributed by atoms with Crippen LogP contribution in [-0.4, -0.2) is 14.5 Å². The molecular weight excluding hydrogens is 755 g/mol. The Kier molecular flexibility index (Phi) is 6.32. The third-order valence-corrected chi connectivity index (χ3v) is 14.9. The van der Waals surface area contributed by atoms with Gasteiger partial charge in [0.15, 0.2) is 5.82 Å². The van der Waals surface area contributed by atoms with Crippen molar-refractivity contribution in [2.24, 2.45) is 0 Å². The summed E-state index contributed by atoms with van der Waals surface area (Å²) < 4.78 is 7.51. The van der Waals surface area contributed by atoms with E-state index in [0.29, 0.717) is 0 Å². The third-order valence-electron chi connectivity index (χ3n) is 12.5. The van der Waals surface area contributed by atoms with Crippen LogP contribution in [0.25, 0.3) is 134 Å². The molecule has 4 aromatic heterocycles. The first-order chi connectivity index (χ1) is 29.2. The van der Waals surface area contributed by atoms with Gasteiger partial charge in [-0.05, 0) is 86.9 Å². The Labute approximate surface area is 345 Å². The molecule has 0 spiro atoms. The lowest BCUT2D eigenvalue weighted by Crippen LogP contribution is -1.98. The van der Waals surface area contributed by atoms with Crippen molar-refractivity contribution in [3.05, 3.63) is 176 Å². The maximum atomic E-state index is 5.56. The van der Waals surface area contributed by atoms with Gasteiger partial charge in [-0.3, -0.25) is 0 Å². The summed E-state index contributed by atoms with van der Waals surface area (Å²) >= 11 is 3.67. The van der Waals surface area contributed by atoms with Crippen molar-refractivity contribution in [1.29, 1.82) is 0 Å². The number of rotatable bonds is 3. The molecule has 4 heterocycles. The molecule has 0 aliphatic rings. The predicted octanol–water partition coefficient (Wildman–Crippen LogP) is 15.7. The average Bonchev–Trinajstić information content (AvgIpc) is 3.96. The van der Waals surface area contributed by atoms with Crippen LogP contribution in [0, 0.1) is 0 Å². The molecular formula is C54H29N3S2. The minimum absolute atomic E-state index is 0.732. The summed E-state index contributed by atoms with van der Waals surface area (Å²) in [5.74, 6) is 0.732. The Hall–Kier alpha value is -7.18. The number of nitrogens with zero attached hydrogens (tertiary/aromatic N) is 3. The first kappa shape index (κ1) is 31.9. The van der Waals surface area contributed by atoms with Gasteiger partial charge >= 0.3 is 0 Å². The Morgan fingerprint density at radius 2 is 1.08 bits per heavy atom. The van der Waals surface area contributed by atoms with E-state index in [4.69, 9.17) is 9.97 Å². The number of fused-ring (bicyclic) bond motifs is 11. The van der Waals surface area contributed by atoms with Gasteiger partial charge in [0.1, 0.15) is 0 Å². The second-order valence-electron chi connectivity index (χ2n) is 15.7. The van der Waals surface area contributed by atoms with Crippen LogP contribution in [-0.2, 0) is 0 Å². The van der Waals surface area contributed by atoms with E-state index in [-0.39, 0.29) is 0 Å². The highest BCUT2D eigenvalue weighted by Crippen LogP contribution is 2.46. The number of para-hydroxylation sites is 2. The minimum Gasteiger partial charge on any atom is -0.309 e. The molecule has 0 fully saturated rings. The molecule has 0 aliphatic carbocycles. The summed E-state index contributed by atoms with van der Waals surface area (Å²) in [7, 11) is 0. The second kappa shape index (κ2) is 11.7. The number of aromatic nitrogens is 3. The Balaban J connectivity index is 1.09. The molecule has 272 valence electrons. The predicted molar refractivity (Wildman–Crippen MR) is 254 cm³/mol. The standard InChI is InChI=1S/C54H29N3S2/c1-5-16-43-37(14-1)52(33-23-25-48-40(26-33)35-12-3-7-18-46(35)58-48)56-54(55-43)42-29-34(28-41-36-13-4-8-19-47(36)59-53(41)42)57-44-17-6-2-15-38(44)51-39-24-22-31-11-9-10-30-20-21-32(27-45(51)57)50(39)49(30)31/h1-29H. The van der Waals surface area contributed by atoms with Crippen LogP contribution in [0.3, 0.4) is 0 Å². The molecule has 14 aromatic rings. The molecule has 5 heteroatoms. The van der Waals surface area contributed by atoms with Crippen molar-refractivity contribution >= 4 is 128 Å². The summed E-state index contributed by atoms with van der Waals surface area (Å²) in [6.45, 7) is 0. The maximum Gasteiger partial charge on any atom is 0.161 e. The van der Waals surface area contributed by atoms with Crippen LogP contribution in [0.5, 0.6) is 0 Å². The van der Waals surface area contributed by atoms with E-state index in [2.05, 4.69) is 180 Å². The quantitative estimate of drug-likeness (QED) is 0.167. The van der Waals surface area contributed by atoms with E-state index in [1.165, 1.54) is 94.5 Å². The maximum absolute atomic E-state index is 5.56. The Morgan fingerprint density at radius 1 is 0.390 bits per heavy atom. The summed E-state index contributed by atoms with van der Waals surface area (Å²) in [6.07, 6.45) is 0. The SMILES string of the molecule is c1cc2ccc3cc4c(c5ccc(c1)c2c35)c1ccccc1n4-c1cc(-c2nc(-c3ccc4sc5ccccc5c4c3)c3ccccc3n2)c2sc3ccccc3c2c1. The van der Waals surface area contributed by atoms with E-state index < -0.39 is 0 Å². The van der Waals surface area contributed by atoms with Gasteiger partial charge in [-0.25, -0.2) is 9.97 Å². The van der Waals surface area contributed by atoms with E-state index in [9.17, 15) is 0 Å². The van der Waals surface area contributed by atoms with Gasteiger partial charge in [-0.2, -0.15) is 0 Å². The zero-order chi connectivity index (χ0) is 38.3. The van der Waals surface area contributed by atoms with E-state index >= 15 is 0 Å². The lowest BCUT2D eigenvalue weighted by atomic mass is 9.92. The topological polar surface area (TPSA) is 30.7 Å². The molecule has 0 aliphatic heterocycles. The van der Waals surface area contributed by atoms with E-state index in [0.717, 1.165) is 39.2 Å². The first-order valence-corrected chi connectivity index (χ1v) is 21.6. The first-order valence-electron chi connectivity index (χ1n) is 20.0. The van der Waals surface area contributed by atoms with Crippen LogP contribution < -0.4 is 0 Å². The highest BCUT2D eigenvalue weighted by molar-refractivity contribution is 7.26.